The second-order valence-corrected chi connectivity index (χ2v) is 6.29. The molecule has 4 aromatic rings. The molecule has 0 bridgehead atoms. The van der Waals surface area contributed by atoms with E-state index in [2.05, 4.69) is 25.6 Å². The highest BCUT2D eigenvalue weighted by molar-refractivity contribution is 5.65. The van der Waals surface area contributed by atoms with Crippen LogP contribution in [0.5, 0.6) is 0 Å². The quantitative estimate of drug-likeness (QED) is 0.476. The fourth-order valence-electron chi connectivity index (χ4n) is 2.74. The van der Waals surface area contributed by atoms with Gasteiger partial charge in [-0.25, -0.2) is 18.7 Å². The maximum absolute atomic E-state index is 14.1. The van der Waals surface area contributed by atoms with Crippen LogP contribution < -0.4 is 10.6 Å². The Morgan fingerprint density at radius 3 is 2.41 bits per heavy atom. The molecule has 0 aliphatic heterocycles. The molecule has 7 heteroatoms. The lowest BCUT2D eigenvalue weighted by Gasteiger charge is -2.12. The van der Waals surface area contributed by atoms with E-state index in [1.807, 2.05) is 42.5 Å². The van der Waals surface area contributed by atoms with Gasteiger partial charge in [0.05, 0.1) is 5.69 Å². The van der Waals surface area contributed by atoms with Crippen LogP contribution in [0.3, 0.4) is 0 Å². The second-order valence-electron chi connectivity index (χ2n) is 6.29. The van der Waals surface area contributed by atoms with Gasteiger partial charge in [-0.15, -0.1) is 0 Å². The molecule has 5 nitrogen and oxygen atoms in total. The first-order valence-corrected chi connectivity index (χ1v) is 8.97. The average Bonchev–Trinajstić information content (AvgIpc) is 2.75. The average molecular weight is 389 g/mol. The Hall–Kier alpha value is -3.87. The van der Waals surface area contributed by atoms with Gasteiger partial charge in [0.25, 0.3) is 0 Å². The fraction of sp³-hybridized carbons (Fsp3) is 0.0455. The largest absolute Gasteiger partial charge is 0.366 e. The van der Waals surface area contributed by atoms with Gasteiger partial charge >= 0.3 is 0 Å². The Labute approximate surface area is 166 Å². The van der Waals surface area contributed by atoms with Crippen molar-refractivity contribution in [2.24, 2.45) is 0 Å². The number of rotatable bonds is 6. The number of hydrogen-bond acceptors (Lipinski definition) is 5. The summed E-state index contributed by atoms with van der Waals surface area (Å²) in [6, 6.07) is 18.3. The number of halogens is 2. The molecule has 2 aromatic heterocycles. The predicted molar refractivity (Wildman–Crippen MR) is 109 cm³/mol. The third-order valence-electron chi connectivity index (χ3n) is 4.15. The highest BCUT2D eigenvalue weighted by Gasteiger charge is 2.10. The zero-order chi connectivity index (χ0) is 20.1. The molecule has 0 radical (unpaired) electrons. The first-order chi connectivity index (χ1) is 14.2. The van der Waals surface area contributed by atoms with E-state index in [1.54, 1.807) is 18.5 Å². The molecule has 0 aliphatic rings. The molecule has 0 saturated heterocycles. The molecule has 0 aliphatic carbocycles. The van der Waals surface area contributed by atoms with Crippen molar-refractivity contribution < 1.29 is 8.78 Å². The Kier molecular flexibility index (Phi) is 5.38. The van der Waals surface area contributed by atoms with Crippen LogP contribution in [0.25, 0.3) is 11.4 Å². The molecule has 2 heterocycles. The SMILES string of the molecule is Fc1ccc(Nc2cc(NCc3cccnc3)nc(-c3ccccc3)n2)c(F)c1. The van der Waals surface area contributed by atoms with Gasteiger partial charge in [-0.1, -0.05) is 36.4 Å². The summed E-state index contributed by atoms with van der Waals surface area (Å²) in [5.74, 6) is 0.0897. The zero-order valence-electron chi connectivity index (χ0n) is 15.3. The summed E-state index contributed by atoms with van der Waals surface area (Å²) in [6.45, 7) is 0.517. The van der Waals surface area contributed by atoms with Crippen LogP contribution in [0.1, 0.15) is 5.56 Å². The van der Waals surface area contributed by atoms with Crippen LogP contribution in [0.2, 0.25) is 0 Å². The van der Waals surface area contributed by atoms with E-state index in [1.165, 1.54) is 12.1 Å². The molecule has 4 rings (SSSR count). The van der Waals surface area contributed by atoms with Crippen LogP contribution in [0.4, 0.5) is 26.1 Å². The van der Waals surface area contributed by atoms with E-state index in [0.29, 0.717) is 24.0 Å². The standard InChI is InChI=1S/C22H17F2N5/c23-17-8-9-19(18(24)11-17)27-21-12-20(26-14-15-5-4-10-25-13-15)28-22(29-21)16-6-2-1-3-7-16/h1-13H,14H2,(H2,26,27,28,29). The molecule has 0 atom stereocenters. The smallest absolute Gasteiger partial charge is 0.163 e. The minimum Gasteiger partial charge on any atom is -0.366 e. The topological polar surface area (TPSA) is 62.7 Å². The lowest BCUT2D eigenvalue weighted by atomic mass is 10.2. The molecule has 0 unspecified atom stereocenters. The fourth-order valence-corrected chi connectivity index (χ4v) is 2.74. The number of nitrogens with zero attached hydrogens (tertiary/aromatic N) is 3. The molecule has 144 valence electrons. The zero-order valence-corrected chi connectivity index (χ0v) is 15.3. The molecule has 0 spiro atoms. The summed E-state index contributed by atoms with van der Waals surface area (Å²) in [6.07, 6.45) is 3.47. The molecule has 0 fully saturated rings. The molecular weight excluding hydrogens is 372 g/mol. The van der Waals surface area contributed by atoms with Crippen molar-refractivity contribution in [3.63, 3.8) is 0 Å². The van der Waals surface area contributed by atoms with Crippen LogP contribution in [-0.4, -0.2) is 15.0 Å². The normalized spacial score (nSPS) is 10.6. The van der Waals surface area contributed by atoms with Crippen LogP contribution in [0, 0.1) is 11.6 Å². The third kappa shape index (κ3) is 4.70. The predicted octanol–water partition coefficient (Wildman–Crippen LogP) is 5.17. The molecule has 0 amide bonds. The van der Waals surface area contributed by atoms with Crippen molar-refractivity contribution in [1.29, 1.82) is 0 Å². The number of pyridine rings is 1. The molecule has 29 heavy (non-hydrogen) atoms. The maximum atomic E-state index is 14.1. The van der Waals surface area contributed by atoms with E-state index in [4.69, 9.17) is 0 Å². The van der Waals surface area contributed by atoms with E-state index >= 15 is 0 Å². The van der Waals surface area contributed by atoms with Gasteiger partial charge in [0, 0.05) is 36.6 Å². The van der Waals surface area contributed by atoms with Crippen molar-refractivity contribution >= 4 is 17.3 Å². The number of anilines is 3. The Morgan fingerprint density at radius 1 is 0.828 bits per heavy atom. The van der Waals surface area contributed by atoms with Gasteiger partial charge in [0.2, 0.25) is 0 Å². The van der Waals surface area contributed by atoms with Gasteiger partial charge in [-0.2, -0.15) is 0 Å². The van der Waals surface area contributed by atoms with E-state index < -0.39 is 11.6 Å². The van der Waals surface area contributed by atoms with Gasteiger partial charge < -0.3 is 10.6 Å². The summed E-state index contributed by atoms with van der Waals surface area (Å²) in [7, 11) is 0. The van der Waals surface area contributed by atoms with Gasteiger partial charge in [-0.05, 0) is 23.8 Å². The number of benzene rings is 2. The van der Waals surface area contributed by atoms with Crippen molar-refractivity contribution in [2.75, 3.05) is 10.6 Å². The monoisotopic (exact) mass is 389 g/mol. The summed E-state index contributed by atoms with van der Waals surface area (Å²) >= 11 is 0. The number of nitrogens with one attached hydrogen (secondary N) is 2. The molecule has 0 saturated carbocycles. The summed E-state index contributed by atoms with van der Waals surface area (Å²) in [5.41, 5.74) is 1.94. The third-order valence-corrected chi connectivity index (χ3v) is 4.15. The first-order valence-electron chi connectivity index (χ1n) is 8.97. The Bertz CT molecular complexity index is 1100. The lowest BCUT2D eigenvalue weighted by Crippen LogP contribution is -2.06. The van der Waals surface area contributed by atoms with E-state index in [-0.39, 0.29) is 5.69 Å². The summed E-state index contributed by atoms with van der Waals surface area (Å²) in [4.78, 5) is 13.1. The van der Waals surface area contributed by atoms with Crippen LogP contribution >= 0.6 is 0 Å². The Morgan fingerprint density at radius 2 is 1.66 bits per heavy atom. The van der Waals surface area contributed by atoms with Gasteiger partial charge in [0.1, 0.15) is 23.3 Å². The number of aromatic nitrogens is 3. The molecule has 2 N–H and O–H groups in total. The Balaban J connectivity index is 1.66. The van der Waals surface area contributed by atoms with Crippen molar-refractivity contribution in [1.82, 2.24) is 15.0 Å². The summed E-state index contributed by atoms with van der Waals surface area (Å²) in [5, 5.41) is 6.14. The van der Waals surface area contributed by atoms with E-state index in [9.17, 15) is 8.78 Å². The molecular formula is C22H17F2N5. The van der Waals surface area contributed by atoms with Crippen molar-refractivity contribution in [3.8, 4) is 11.4 Å². The van der Waals surface area contributed by atoms with Crippen molar-refractivity contribution in [2.45, 2.75) is 6.54 Å². The molecule has 2 aromatic carbocycles. The van der Waals surface area contributed by atoms with E-state index in [0.717, 1.165) is 17.2 Å². The highest BCUT2D eigenvalue weighted by Crippen LogP contribution is 2.24. The highest BCUT2D eigenvalue weighted by atomic mass is 19.1. The number of hydrogen-bond donors (Lipinski definition) is 2. The van der Waals surface area contributed by atoms with Crippen LogP contribution in [0.15, 0.2) is 79.1 Å². The van der Waals surface area contributed by atoms with Crippen LogP contribution in [-0.2, 0) is 6.54 Å². The first kappa shape index (κ1) is 18.5. The maximum Gasteiger partial charge on any atom is 0.163 e. The van der Waals surface area contributed by atoms with Crippen molar-refractivity contribution in [3.05, 3.63) is 96.3 Å². The van der Waals surface area contributed by atoms with Gasteiger partial charge in [0.15, 0.2) is 5.82 Å². The summed E-state index contributed by atoms with van der Waals surface area (Å²) < 4.78 is 27.3. The minimum absolute atomic E-state index is 0.127. The lowest BCUT2D eigenvalue weighted by molar-refractivity contribution is 0.586. The van der Waals surface area contributed by atoms with Gasteiger partial charge in [-0.3, -0.25) is 4.98 Å². The minimum atomic E-state index is -0.699. The second kappa shape index (κ2) is 8.43.